The van der Waals surface area contributed by atoms with Crippen molar-refractivity contribution in [3.63, 3.8) is 0 Å². The van der Waals surface area contributed by atoms with Gasteiger partial charge in [-0.05, 0) is 37.0 Å². The molecule has 0 saturated heterocycles. The third-order valence-electron chi connectivity index (χ3n) is 3.43. The molecule has 6 nitrogen and oxygen atoms in total. The van der Waals surface area contributed by atoms with Gasteiger partial charge in [0.1, 0.15) is 4.90 Å². The topological polar surface area (TPSA) is 109 Å². The minimum Gasteiger partial charge on any atom is -0.478 e. The van der Waals surface area contributed by atoms with Gasteiger partial charge in [0.2, 0.25) is 10.0 Å². The Labute approximate surface area is 118 Å². The lowest BCUT2D eigenvalue weighted by atomic mass is 10.2. The molecule has 0 radical (unpaired) electrons. The Morgan fingerprint density at radius 3 is 2.75 bits per heavy atom. The Kier molecular flexibility index (Phi) is 4.01. The van der Waals surface area contributed by atoms with E-state index in [-0.39, 0.29) is 22.2 Å². The van der Waals surface area contributed by atoms with E-state index in [4.69, 9.17) is 10.8 Å². The van der Waals surface area contributed by atoms with Crippen LogP contribution in [0.1, 0.15) is 36.5 Å². The lowest BCUT2D eigenvalue weighted by molar-refractivity contribution is 0.0697. The Balaban J connectivity index is 2.16. The van der Waals surface area contributed by atoms with Gasteiger partial charge < -0.3 is 10.8 Å². The van der Waals surface area contributed by atoms with Crippen LogP contribution in [0.4, 0.5) is 5.69 Å². The number of sulfonamides is 1. The van der Waals surface area contributed by atoms with Crippen LogP contribution in [0, 0.1) is 5.92 Å². The van der Waals surface area contributed by atoms with Crippen LogP contribution in [0.5, 0.6) is 0 Å². The predicted molar refractivity (Wildman–Crippen MR) is 74.9 cm³/mol. The first-order valence-corrected chi connectivity index (χ1v) is 7.98. The summed E-state index contributed by atoms with van der Waals surface area (Å²) in [5, 5.41) is 8.83. The summed E-state index contributed by atoms with van der Waals surface area (Å²) < 4.78 is 27.0. The normalized spacial score (nSPS) is 21.6. The zero-order valence-corrected chi connectivity index (χ0v) is 12.0. The zero-order valence-electron chi connectivity index (χ0n) is 11.2. The smallest absolute Gasteiger partial charge is 0.335 e. The van der Waals surface area contributed by atoms with Gasteiger partial charge in [-0.2, -0.15) is 0 Å². The van der Waals surface area contributed by atoms with Crippen LogP contribution in [0.25, 0.3) is 0 Å². The van der Waals surface area contributed by atoms with Gasteiger partial charge in [-0.3, -0.25) is 0 Å². The van der Waals surface area contributed by atoms with Gasteiger partial charge in [-0.25, -0.2) is 17.9 Å². The largest absolute Gasteiger partial charge is 0.478 e. The fourth-order valence-corrected chi connectivity index (χ4v) is 3.70. The minimum atomic E-state index is -3.69. The maximum absolute atomic E-state index is 12.2. The highest BCUT2D eigenvalue weighted by molar-refractivity contribution is 7.89. The quantitative estimate of drug-likeness (QED) is 0.688. The summed E-state index contributed by atoms with van der Waals surface area (Å²) in [7, 11) is -3.69. The van der Waals surface area contributed by atoms with Crippen LogP contribution in [0.15, 0.2) is 23.1 Å². The summed E-state index contributed by atoms with van der Waals surface area (Å²) in [4.78, 5) is 10.7. The number of nitrogens with two attached hydrogens (primary N) is 1. The van der Waals surface area contributed by atoms with Crippen molar-refractivity contribution >= 4 is 21.7 Å². The van der Waals surface area contributed by atoms with Crippen molar-refractivity contribution in [3.05, 3.63) is 23.8 Å². The fourth-order valence-electron chi connectivity index (χ4n) is 2.27. The fraction of sp³-hybridized carbons (Fsp3) is 0.462. The molecule has 0 amide bonds. The number of nitrogens with one attached hydrogen (secondary N) is 1. The van der Waals surface area contributed by atoms with Gasteiger partial charge in [-0.1, -0.05) is 13.3 Å². The summed E-state index contributed by atoms with van der Waals surface area (Å²) in [5.74, 6) is -0.742. The highest BCUT2D eigenvalue weighted by Crippen LogP contribution is 2.36. The Morgan fingerprint density at radius 2 is 2.20 bits per heavy atom. The summed E-state index contributed by atoms with van der Waals surface area (Å²) in [6, 6.07) is 3.61. The molecule has 1 aromatic carbocycles. The maximum atomic E-state index is 12.2. The number of anilines is 1. The molecule has 1 aliphatic carbocycles. The van der Waals surface area contributed by atoms with E-state index < -0.39 is 16.0 Å². The summed E-state index contributed by atoms with van der Waals surface area (Å²) in [6.45, 7) is 2.06. The average molecular weight is 298 g/mol. The second-order valence-electron chi connectivity index (χ2n) is 5.07. The third kappa shape index (κ3) is 3.10. The van der Waals surface area contributed by atoms with Crippen LogP contribution in [-0.4, -0.2) is 25.5 Å². The Hall–Kier alpha value is -1.60. The van der Waals surface area contributed by atoms with Gasteiger partial charge in [-0.15, -0.1) is 0 Å². The molecule has 4 N–H and O–H groups in total. The van der Waals surface area contributed by atoms with E-state index in [1.54, 1.807) is 0 Å². The van der Waals surface area contributed by atoms with E-state index in [9.17, 15) is 13.2 Å². The standard InChI is InChI=1S/C13H18N2O4S/c1-2-3-8-7-11(8)15-20(18,19)12-5-4-9(13(16)17)6-10(12)14/h4-6,8,11,15H,2-3,7,14H2,1H3,(H,16,17). The lowest BCUT2D eigenvalue weighted by Crippen LogP contribution is -2.28. The SMILES string of the molecule is CCCC1CC1NS(=O)(=O)c1ccc(C(=O)O)cc1N. The molecule has 0 spiro atoms. The van der Waals surface area contributed by atoms with Gasteiger partial charge in [0, 0.05) is 6.04 Å². The molecule has 0 bridgehead atoms. The van der Waals surface area contributed by atoms with Crippen molar-refractivity contribution in [2.24, 2.45) is 5.92 Å². The minimum absolute atomic E-state index is 0.0292. The summed E-state index contributed by atoms with van der Waals surface area (Å²) >= 11 is 0. The average Bonchev–Trinajstić information content (AvgIpc) is 3.06. The Morgan fingerprint density at radius 1 is 1.50 bits per heavy atom. The zero-order chi connectivity index (χ0) is 14.9. The number of carboxylic acid groups (broad SMARTS) is 1. The van der Waals surface area contributed by atoms with Crippen LogP contribution in [0.3, 0.4) is 0 Å². The van der Waals surface area contributed by atoms with Crippen molar-refractivity contribution in [1.82, 2.24) is 4.72 Å². The third-order valence-corrected chi connectivity index (χ3v) is 5.00. The van der Waals surface area contributed by atoms with Crippen molar-refractivity contribution in [1.29, 1.82) is 0 Å². The van der Waals surface area contributed by atoms with Crippen LogP contribution < -0.4 is 10.5 Å². The predicted octanol–water partition coefficient (Wildman–Crippen LogP) is 1.43. The lowest BCUT2D eigenvalue weighted by Gasteiger charge is -2.09. The monoisotopic (exact) mass is 298 g/mol. The van der Waals surface area contributed by atoms with Crippen molar-refractivity contribution in [3.8, 4) is 0 Å². The summed E-state index contributed by atoms with van der Waals surface area (Å²) in [6.07, 6.45) is 2.87. The maximum Gasteiger partial charge on any atom is 0.335 e. The second kappa shape index (κ2) is 5.41. The van der Waals surface area contributed by atoms with Crippen molar-refractivity contribution in [2.75, 3.05) is 5.73 Å². The molecule has 7 heteroatoms. The number of rotatable bonds is 6. The number of aromatic carboxylic acids is 1. The number of benzene rings is 1. The molecular weight excluding hydrogens is 280 g/mol. The second-order valence-corrected chi connectivity index (χ2v) is 6.75. The molecule has 2 unspecified atom stereocenters. The molecular formula is C13H18N2O4S. The first kappa shape index (κ1) is 14.8. The van der Waals surface area contributed by atoms with E-state index in [1.807, 2.05) is 0 Å². The summed E-state index contributed by atoms with van der Waals surface area (Å²) in [5.41, 5.74) is 5.57. The van der Waals surface area contributed by atoms with Crippen LogP contribution >= 0.6 is 0 Å². The van der Waals surface area contributed by atoms with Gasteiger partial charge in [0.15, 0.2) is 0 Å². The number of hydrogen-bond donors (Lipinski definition) is 3. The molecule has 0 aliphatic heterocycles. The van der Waals surface area contributed by atoms with Gasteiger partial charge in [0.05, 0.1) is 11.3 Å². The molecule has 110 valence electrons. The molecule has 1 aliphatic rings. The first-order valence-electron chi connectivity index (χ1n) is 6.50. The molecule has 2 atom stereocenters. The van der Waals surface area contributed by atoms with Crippen molar-refractivity contribution in [2.45, 2.75) is 37.1 Å². The van der Waals surface area contributed by atoms with E-state index in [0.717, 1.165) is 25.3 Å². The first-order chi connectivity index (χ1) is 9.35. The number of carbonyl (C=O) groups is 1. The molecule has 1 saturated carbocycles. The Bertz CT molecular complexity index is 627. The molecule has 2 rings (SSSR count). The van der Waals surface area contributed by atoms with Crippen molar-refractivity contribution < 1.29 is 18.3 Å². The van der Waals surface area contributed by atoms with E-state index in [2.05, 4.69) is 11.6 Å². The molecule has 1 fully saturated rings. The van der Waals surface area contributed by atoms with E-state index in [1.165, 1.54) is 12.1 Å². The molecule has 20 heavy (non-hydrogen) atoms. The van der Waals surface area contributed by atoms with Crippen LogP contribution in [0.2, 0.25) is 0 Å². The molecule has 1 aromatic rings. The van der Waals surface area contributed by atoms with Gasteiger partial charge >= 0.3 is 5.97 Å². The van der Waals surface area contributed by atoms with E-state index >= 15 is 0 Å². The highest BCUT2D eigenvalue weighted by atomic mass is 32.2. The van der Waals surface area contributed by atoms with Gasteiger partial charge in [0.25, 0.3) is 0 Å². The highest BCUT2D eigenvalue weighted by Gasteiger charge is 2.39. The molecule has 0 aromatic heterocycles. The molecule has 0 heterocycles. The number of carboxylic acids is 1. The number of hydrogen-bond acceptors (Lipinski definition) is 4. The van der Waals surface area contributed by atoms with Crippen LogP contribution in [-0.2, 0) is 10.0 Å². The number of nitrogen functional groups attached to an aromatic ring is 1. The van der Waals surface area contributed by atoms with E-state index in [0.29, 0.717) is 5.92 Å².